The Labute approximate surface area is 352 Å². The number of hydrogen-bond acceptors (Lipinski definition) is 7. The van der Waals surface area contributed by atoms with E-state index in [-0.39, 0.29) is 0 Å². The third-order valence-electron chi connectivity index (χ3n) is 10.4. The summed E-state index contributed by atoms with van der Waals surface area (Å²) in [5.41, 5.74) is 15.6. The first-order valence-electron chi connectivity index (χ1n) is 19.9. The van der Waals surface area contributed by atoms with E-state index in [9.17, 15) is 0 Å². The van der Waals surface area contributed by atoms with Crippen molar-refractivity contribution in [3.05, 3.63) is 219 Å². The van der Waals surface area contributed by atoms with E-state index in [0.29, 0.717) is 0 Å². The SMILES string of the molecule is c1ccc(-c2ccc(-c3ccc(-c4ccc(-c5ccccc5)c5nn(-c6ccncc6)nc45)cc3)c3nn(-c4ccncc4)nc23)cc1.c1ccc(Nc2ccccc2)cc1. The van der Waals surface area contributed by atoms with Gasteiger partial charge in [0.2, 0.25) is 0 Å². The lowest BCUT2D eigenvalue weighted by molar-refractivity contribution is 0.764. The Morgan fingerprint density at radius 3 is 0.869 bits per heavy atom. The fourth-order valence-electron chi connectivity index (χ4n) is 7.38. The van der Waals surface area contributed by atoms with Gasteiger partial charge in [-0.05, 0) is 70.8 Å². The second-order valence-corrected chi connectivity index (χ2v) is 14.3. The molecule has 0 bridgehead atoms. The lowest BCUT2D eigenvalue weighted by atomic mass is 9.95. The second-order valence-electron chi connectivity index (χ2n) is 14.3. The minimum absolute atomic E-state index is 0.829. The molecule has 0 aliphatic rings. The van der Waals surface area contributed by atoms with Crippen LogP contribution in [0.1, 0.15) is 0 Å². The average molecular weight is 788 g/mol. The summed E-state index contributed by atoms with van der Waals surface area (Å²) in [5, 5.41) is 23.2. The monoisotopic (exact) mass is 787 g/mol. The largest absolute Gasteiger partial charge is 0.356 e. The number of anilines is 2. The Balaban J connectivity index is 0.000000293. The van der Waals surface area contributed by atoms with Crippen molar-refractivity contribution in [2.45, 2.75) is 0 Å². The van der Waals surface area contributed by atoms with E-state index in [4.69, 9.17) is 20.4 Å². The van der Waals surface area contributed by atoms with Crippen molar-refractivity contribution in [2.24, 2.45) is 0 Å². The van der Waals surface area contributed by atoms with Crippen LogP contribution in [-0.4, -0.2) is 40.0 Å². The molecule has 0 radical (unpaired) electrons. The van der Waals surface area contributed by atoms with Gasteiger partial charge in [0.15, 0.2) is 0 Å². The molecule has 0 amide bonds. The van der Waals surface area contributed by atoms with Crippen LogP contribution in [0.15, 0.2) is 219 Å². The topological polar surface area (TPSA) is 99.2 Å². The lowest BCUT2D eigenvalue weighted by Crippen LogP contribution is -1.98. The predicted molar refractivity (Wildman–Crippen MR) is 245 cm³/mol. The third kappa shape index (κ3) is 7.74. The Hall–Kier alpha value is -8.56. The van der Waals surface area contributed by atoms with Crippen LogP contribution in [0.3, 0.4) is 0 Å². The van der Waals surface area contributed by atoms with Gasteiger partial charge in [-0.2, -0.15) is 9.59 Å². The van der Waals surface area contributed by atoms with Gasteiger partial charge in [0, 0.05) is 58.4 Å². The third-order valence-corrected chi connectivity index (χ3v) is 10.4. The normalized spacial score (nSPS) is 11.0. The Morgan fingerprint density at radius 2 is 0.557 bits per heavy atom. The van der Waals surface area contributed by atoms with Crippen LogP contribution in [-0.2, 0) is 0 Å². The highest BCUT2D eigenvalue weighted by molar-refractivity contribution is 6.02. The van der Waals surface area contributed by atoms with Gasteiger partial charge in [-0.1, -0.05) is 146 Å². The number of benzene rings is 7. The van der Waals surface area contributed by atoms with Crippen molar-refractivity contribution >= 4 is 33.4 Å². The molecule has 0 spiro atoms. The smallest absolute Gasteiger partial charge is 0.122 e. The van der Waals surface area contributed by atoms with Gasteiger partial charge in [0.1, 0.15) is 22.1 Å². The maximum Gasteiger partial charge on any atom is 0.122 e. The van der Waals surface area contributed by atoms with E-state index in [1.807, 2.05) is 121 Å². The molecule has 0 fully saturated rings. The van der Waals surface area contributed by atoms with E-state index in [0.717, 1.165) is 89.3 Å². The van der Waals surface area contributed by atoms with E-state index in [1.165, 1.54) is 0 Å². The molecular formula is C52H37N9. The molecule has 61 heavy (non-hydrogen) atoms. The van der Waals surface area contributed by atoms with Crippen LogP contribution in [0, 0.1) is 0 Å². The summed E-state index contributed by atoms with van der Waals surface area (Å²) in [6, 6.07) is 65.6. The van der Waals surface area contributed by atoms with Gasteiger partial charge in [0.25, 0.3) is 0 Å². The summed E-state index contributed by atoms with van der Waals surface area (Å²) in [6.07, 6.45) is 7.00. The lowest BCUT2D eigenvalue weighted by Gasteiger charge is -2.09. The molecule has 7 aromatic carbocycles. The first kappa shape index (κ1) is 36.8. The highest BCUT2D eigenvalue weighted by Crippen LogP contribution is 2.37. The van der Waals surface area contributed by atoms with Crippen molar-refractivity contribution in [3.63, 3.8) is 0 Å². The minimum Gasteiger partial charge on any atom is -0.356 e. The molecule has 0 unspecified atom stereocenters. The maximum absolute atomic E-state index is 4.99. The van der Waals surface area contributed by atoms with Gasteiger partial charge < -0.3 is 5.32 Å². The standard InChI is InChI=1S/C40H26N8.C12H11N/c1-3-7-27(8-4-1)33-15-17-35(39-37(33)43-47(45-39)31-19-23-41-24-20-31)29-11-13-30(14-12-29)36-18-16-34(28-9-5-2-6-10-28)38-40(36)46-48(44-38)32-21-25-42-26-22-32;1-3-7-11(8-4-1)13-12-9-5-2-6-10-12/h1-26H;1-10,13H. The molecule has 0 aliphatic carbocycles. The molecule has 0 saturated heterocycles. The number of hydrogen-bond donors (Lipinski definition) is 1. The number of para-hydroxylation sites is 2. The van der Waals surface area contributed by atoms with Crippen molar-refractivity contribution in [3.8, 4) is 55.9 Å². The summed E-state index contributed by atoms with van der Waals surface area (Å²) < 4.78 is 0. The van der Waals surface area contributed by atoms with Gasteiger partial charge in [-0.3, -0.25) is 9.97 Å². The quantitative estimate of drug-likeness (QED) is 0.164. The fourth-order valence-corrected chi connectivity index (χ4v) is 7.38. The molecule has 11 aromatic rings. The van der Waals surface area contributed by atoms with Crippen molar-refractivity contribution in [2.75, 3.05) is 5.32 Å². The number of aromatic nitrogens is 8. The summed E-state index contributed by atoms with van der Waals surface area (Å²) >= 11 is 0. The fraction of sp³-hybridized carbons (Fsp3) is 0. The predicted octanol–water partition coefficient (Wildman–Crippen LogP) is 12.0. The van der Waals surface area contributed by atoms with Gasteiger partial charge in [-0.25, -0.2) is 0 Å². The molecule has 11 rings (SSSR count). The first-order chi connectivity index (χ1) is 30.2. The molecule has 0 atom stereocenters. The molecule has 1 N–H and O–H groups in total. The van der Waals surface area contributed by atoms with Crippen LogP contribution in [0.2, 0.25) is 0 Å². The van der Waals surface area contributed by atoms with Crippen LogP contribution in [0.5, 0.6) is 0 Å². The number of rotatable bonds is 8. The molecule has 0 saturated carbocycles. The number of pyridine rings is 2. The van der Waals surface area contributed by atoms with Gasteiger partial charge in [0.05, 0.1) is 11.4 Å². The van der Waals surface area contributed by atoms with Crippen LogP contribution in [0.4, 0.5) is 11.4 Å². The Kier molecular flexibility index (Phi) is 10.1. The van der Waals surface area contributed by atoms with Gasteiger partial charge in [-0.15, -0.1) is 20.4 Å². The highest BCUT2D eigenvalue weighted by atomic mass is 15.5. The summed E-state index contributed by atoms with van der Waals surface area (Å²) in [6.45, 7) is 0. The molecule has 9 heteroatoms. The van der Waals surface area contributed by atoms with Crippen LogP contribution < -0.4 is 5.32 Å². The Bertz CT molecular complexity index is 2960. The van der Waals surface area contributed by atoms with E-state index in [2.05, 4.69) is 88.1 Å². The highest BCUT2D eigenvalue weighted by Gasteiger charge is 2.19. The zero-order chi connectivity index (χ0) is 40.8. The van der Waals surface area contributed by atoms with Crippen molar-refractivity contribution in [1.29, 1.82) is 0 Å². The zero-order valence-electron chi connectivity index (χ0n) is 32.9. The number of nitrogens with one attached hydrogen (secondary N) is 1. The van der Waals surface area contributed by atoms with Crippen molar-refractivity contribution in [1.82, 2.24) is 40.0 Å². The molecule has 4 heterocycles. The number of fused-ring (bicyclic) bond motifs is 2. The Morgan fingerprint density at radius 1 is 0.279 bits per heavy atom. The van der Waals surface area contributed by atoms with E-state index < -0.39 is 0 Å². The van der Waals surface area contributed by atoms with Crippen molar-refractivity contribution < 1.29 is 0 Å². The first-order valence-corrected chi connectivity index (χ1v) is 19.9. The summed E-state index contributed by atoms with van der Waals surface area (Å²) in [4.78, 5) is 11.7. The molecular weight excluding hydrogens is 751 g/mol. The molecule has 9 nitrogen and oxygen atoms in total. The summed E-state index contributed by atoms with van der Waals surface area (Å²) in [5.74, 6) is 0. The van der Waals surface area contributed by atoms with Crippen LogP contribution in [0.25, 0.3) is 77.9 Å². The average Bonchev–Trinajstić information content (AvgIpc) is 4.00. The van der Waals surface area contributed by atoms with Gasteiger partial charge >= 0.3 is 0 Å². The maximum atomic E-state index is 4.99. The summed E-state index contributed by atoms with van der Waals surface area (Å²) in [7, 11) is 0. The number of nitrogens with zero attached hydrogens (tertiary/aromatic N) is 8. The molecule has 290 valence electrons. The minimum atomic E-state index is 0.829. The van der Waals surface area contributed by atoms with Crippen LogP contribution >= 0.6 is 0 Å². The van der Waals surface area contributed by atoms with E-state index >= 15 is 0 Å². The zero-order valence-corrected chi connectivity index (χ0v) is 32.9. The molecule has 4 aromatic heterocycles. The second kappa shape index (κ2) is 16.7. The van der Waals surface area contributed by atoms with E-state index in [1.54, 1.807) is 34.4 Å². The molecule has 0 aliphatic heterocycles.